The van der Waals surface area contributed by atoms with Crippen molar-refractivity contribution in [3.8, 4) is 0 Å². The van der Waals surface area contributed by atoms with Crippen LogP contribution in [0.2, 0.25) is 0 Å². The van der Waals surface area contributed by atoms with Crippen LogP contribution >= 0.6 is 0 Å². The number of hydrogen-bond acceptors (Lipinski definition) is 0. The quantitative estimate of drug-likeness (QED) is 0.430. The molecule has 0 aliphatic rings. The standard InChI is InChI=1S/2C9H13.2ClH.Ti/c2*1-6-5-7(2)9(4)8(6)3;;;/h2*5H,1-4H3;2*1H;/q2*-1;;;+4/p-2. The van der Waals surface area contributed by atoms with Crippen LogP contribution in [0.1, 0.15) is 44.5 Å². The van der Waals surface area contributed by atoms with E-state index in [0.29, 0.717) is 0 Å². The maximum absolute atomic E-state index is 2.24. The molecule has 0 aromatic heterocycles. The van der Waals surface area contributed by atoms with E-state index >= 15 is 0 Å². The molecule has 0 radical (unpaired) electrons. The average Bonchev–Trinajstić information content (AvgIpc) is 2.66. The summed E-state index contributed by atoms with van der Waals surface area (Å²) in [5.74, 6) is 0. The van der Waals surface area contributed by atoms with Crippen molar-refractivity contribution in [2.24, 2.45) is 0 Å². The first-order chi connectivity index (χ1) is 8.25. The maximum atomic E-state index is 2.24. The fourth-order valence-corrected chi connectivity index (χ4v) is 2.27. The molecule has 0 N–H and O–H groups in total. The van der Waals surface area contributed by atoms with E-state index in [2.05, 4.69) is 67.5 Å². The van der Waals surface area contributed by atoms with E-state index in [-0.39, 0.29) is 46.5 Å². The van der Waals surface area contributed by atoms with Gasteiger partial charge < -0.3 is 24.8 Å². The Morgan fingerprint density at radius 1 is 0.619 bits per heavy atom. The van der Waals surface area contributed by atoms with Crippen LogP contribution in [0.25, 0.3) is 0 Å². The van der Waals surface area contributed by atoms with E-state index < -0.39 is 0 Å². The van der Waals surface area contributed by atoms with Crippen molar-refractivity contribution < 1.29 is 46.5 Å². The van der Waals surface area contributed by atoms with Crippen LogP contribution in [0.4, 0.5) is 0 Å². The molecule has 116 valence electrons. The van der Waals surface area contributed by atoms with Crippen molar-refractivity contribution in [3.05, 3.63) is 56.6 Å². The molecule has 0 saturated carbocycles. The largest absolute Gasteiger partial charge is 4.00 e. The van der Waals surface area contributed by atoms with E-state index in [1.807, 2.05) is 0 Å². The monoisotopic (exact) mass is 360 g/mol. The first-order valence-corrected chi connectivity index (χ1v) is 6.65. The first-order valence-electron chi connectivity index (χ1n) is 6.65. The minimum absolute atomic E-state index is 0. The van der Waals surface area contributed by atoms with Crippen LogP contribution in [0, 0.1) is 55.4 Å². The number of hydrogen-bond donors (Lipinski definition) is 0. The first kappa shape index (κ1) is 25.9. The van der Waals surface area contributed by atoms with Crippen LogP contribution in [0.3, 0.4) is 0 Å². The fraction of sp³-hybridized carbons (Fsp3) is 0.444. The molecule has 3 heteroatoms. The molecule has 2 aromatic rings. The number of aryl methyl sites for hydroxylation is 4. The molecular formula is C18H26Cl2Ti. The molecular weight excluding hydrogens is 335 g/mol. The van der Waals surface area contributed by atoms with E-state index in [9.17, 15) is 0 Å². The Morgan fingerprint density at radius 3 is 0.905 bits per heavy atom. The number of rotatable bonds is 0. The second-order valence-electron chi connectivity index (χ2n) is 5.52. The van der Waals surface area contributed by atoms with Gasteiger partial charge in [0.25, 0.3) is 0 Å². The van der Waals surface area contributed by atoms with Crippen molar-refractivity contribution in [1.82, 2.24) is 0 Å². The van der Waals surface area contributed by atoms with Gasteiger partial charge in [0, 0.05) is 0 Å². The molecule has 0 spiro atoms. The zero-order chi connectivity index (χ0) is 14.0. The van der Waals surface area contributed by atoms with Crippen molar-refractivity contribution in [1.29, 1.82) is 0 Å². The van der Waals surface area contributed by atoms with Crippen LogP contribution < -0.4 is 24.8 Å². The number of halogens is 2. The van der Waals surface area contributed by atoms with E-state index in [4.69, 9.17) is 0 Å². The van der Waals surface area contributed by atoms with Gasteiger partial charge in [0.15, 0.2) is 0 Å². The Hall–Kier alpha value is -0.00571. The van der Waals surface area contributed by atoms with Crippen LogP contribution in [-0.4, -0.2) is 0 Å². The summed E-state index contributed by atoms with van der Waals surface area (Å²) in [6.07, 6.45) is 0. The summed E-state index contributed by atoms with van der Waals surface area (Å²) >= 11 is 0. The van der Waals surface area contributed by atoms with Gasteiger partial charge in [-0.3, -0.25) is 0 Å². The second kappa shape index (κ2) is 10.7. The van der Waals surface area contributed by atoms with Crippen molar-refractivity contribution in [2.45, 2.75) is 55.4 Å². The summed E-state index contributed by atoms with van der Waals surface area (Å²) in [7, 11) is 0. The van der Waals surface area contributed by atoms with Gasteiger partial charge >= 0.3 is 21.7 Å². The maximum Gasteiger partial charge on any atom is 4.00 e. The minimum Gasteiger partial charge on any atom is -1.00 e. The predicted molar refractivity (Wildman–Crippen MR) is 82.0 cm³/mol. The normalized spacial score (nSPS) is 8.76. The smallest absolute Gasteiger partial charge is 1.00 e. The van der Waals surface area contributed by atoms with E-state index in [1.165, 1.54) is 44.5 Å². The Balaban J connectivity index is -0.000000270. The van der Waals surface area contributed by atoms with Gasteiger partial charge in [0.2, 0.25) is 0 Å². The van der Waals surface area contributed by atoms with Gasteiger partial charge in [-0.2, -0.15) is 56.6 Å². The third-order valence-corrected chi connectivity index (χ3v) is 4.36. The molecule has 2 rings (SSSR count). The summed E-state index contributed by atoms with van der Waals surface area (Å²) in [5.41, 5.74) is 11.5. The molecule has 0 aliphatic heterocycles. The molecule has 0 unspecified atom stereocenters. The SMILES string of the molecule is Cc1c[c-](C)c(C)c1C.Cc1c[c-](C)c(C)c1C.[Cl-].[Cl-].[Ti+4]. The zero-order valence-corrected chi connectivity index (χ0v) is 17.5. The molecule has 0 bridgehead atoms. The third-order valence-electron chi connectivity index (χ3n) is 4.36. The Bertz CT molecular complexity index is 453. The molecule has 0 fully saturated rings. The van der Waals surface area contributed by atoms with Gasteiger partial charge in [0.1, 0.15) is 0 Å². The summed E-state index contributed by atoms with van der Waals surface area (Å²) in [5, 5.41) is 0. The van der Waals surface area contributed by atoms with Crippen molar-refractivity contribution in [3.63, 3.8) is 0 Å². The summed E-state index contributed by atoms with van der Waals surface area (Å²) in [6.45, 7) is 17.4. The van der Waals surface area contributed by atoms with Gasteiger partial charge in [-0.25, -0.2) is 0 Å². The molecule has 0 nitrogen and oxygen atoms in total. The third kappa shape index (κ3) is 6.32. The van der Waals surface area contributed by atoms with Gasteiger partial charge in [-0.05, 0) is 0 Å². The second-order valence-corrected chi connectivity index (χ2v) is 5.52. The summed E-state index contributed by atoms with van der Waals surface area (Å²) in [4.78, 5) is 0. The van der Waals surface area contributed by atoms with E-state index in [1.54, 1.807) is 0 Å². The molecule has 2 aromatic carbocycles. The van der Waals surface area contributed by atoms with Gasteiger partial charge in [-0.1, -0.05) is 55.4 Å². The molecule has 0 aliphatic carbocycles. The average molecular weight is 361 g/mol. The molecule has 0 atom stereocenters. The fourth-order valence-electron chi connectivity index (χ4n) is 2.27. The van der Waals surface area contributed by atoms with Crippen LogP contribution in [-0.2, 0) is 21.7 Å². The van der Waals surface area contributed by atoms with Crippen LogP contribution in [0.15, 0.2) is 12.1 Å². The van der Waals surface area contributed by atoms with Crippen molar-refractivity contribution in [2.75, 3.05) is 0 Å². The van der Waals surface area contributed by atoms with Gasteiger partial charge in [-0.15, -0.1) is 0 Å². The topological polar surface area (TPSA) is 0 Å². The van der Waals surface area contributed by atoms with Gasteiger partial charge in [0.05, 0.1) is 0 Å². The van der Waals surface area contributed by atoms with E-state index in [0.717, 1.165) is 0 Å². The summed E-state index contributed by atoms with van der Waals surface area (Å²) in [6, 6.07) is 4.48. The molecule has 21 heavy (non-hydrogen) atoms. The predicted octanol–water partition coefficient (Wildman–Crippen LogP) is -0.716. The minimum atomic E-state index is 0. The van der Waals surface area contributed by atoms with Crippen molar-refractivity contribution >= 4 is 0 Å². The molecule has 0 saturated heterocycles. The molecule has 0 heterocycles. The van der Waals surface area contributed by atoms with Crippen LogP contribution in [0.5, 0.6) is 0 Å². The zero-order valence-electron chi connectivity index (χ0n) is 14.4. The molecule has 0 amide bonds. The summed E-state index contributed by atoms with van der Waals surface area (Å²) < 4.78 is 0. The Morgan fingerprint density at radius 2 is 0.857 bits per heavy atom. The Kier molecular flexibility index (Phi) is 13.2. The Labute approximate surface area is 158 Å².